The van der Waals surface area contributed by atoms with Crippen LogP contribution in [0.25, 0.3) is 0 Å². The van der Waals surface area contributed by atoms with Gasteiger partial charge in [-0.25, -0.2) is 0 Å². The zero-order chi connectivity index (χ0) is 18.6. The number of nitrogens with zero attached hydrogens (tertiary/aromatic N) is 2. The molecule has 0 saturated heterocycles. The molecule has 0 aromatic carbocycles. The van der Waals surface area contributed by atoms with Crippen molar-refractivity contribution >= 4 is 21.3 Å². The van der Waals surface area contributed by atoms with Gasteiger partial charge < -0.3 is 9.54 Å². The van der Waals surface area contributed by atoms with Gasteiger partial charge in [0, 0.05) is 36.1 Å². The molecule has 0 aliphatic rings. The van der Waals surface area contributed by atoms with Crippen molar-refractivity contribution in [3.05, 3.63) is 48.0 Å². The first kappa shape index (κ1) is 19.9. The molecular formula is C16H23N3O4S2. The highest BCUT2D eigenvalue weighted by atomic mass is 32.2. The third-order valence-corrected chi connectivity index (χ3v) is 6.14. The van der Waals surface area contributed by atoms with E-state index in [-0.39, 0.29) is 6.42 Å². The number of H-pyrrole nitrogens is 1. The van der Waals surface area contributed by atoms with Crippen molar-refractivity contribution in [1.29, 1.82) is 0 Å². The Kier molecular flexibility index (Phi) is 6.64. The van der Waals surface area contributed by atoms with Crippen LogP contribution >= 0.6 is 0 Å². The first-order chi connectivity index (χ1) is 11.7. The maximum atomic E-state index is 13.2. The van der Waals surface area contributed by atoms with Gasteiger partial charge in [0.1, 0.15) is 6.23 Å². The van der Waals surface area contributed by atoms with Crippen molar-refractivity contribution in [3.8, 4) is 0 Å². The summed E-state index contributed by atoms with van der Waals surface area (Å²) >= 11 is -1.39. The summed E-state index contributed by atoms with van der Waals surface area (Å²) in [5.74, 6) is 0. The third-order valence-electron chi connectivity index (χ3n) is 3.71. The molecule has 0 aliphatic carbocycles. The van der Waals surface area contributed by atoms with Crippen LogP contribution in [0.4, 0.5) is 0 Å². The van der Waals surface area contributed by atoms with Crippen LogP contribution < -0.4 is 0 Å². The Hall–Kier alpha value is -1.39. The van der Waals surface area contributed by atoms with Crippen molar-refractivity contribution < 1.29 is 17.2 Å². The standard InChI is InChI=1S/C16H23N3O4S2/c1-12-9-18-11-15(12)24(20)14(13-6-5-7-17-10-13)8-16(19(2)3)23-25(4,21)22/h5-7,9-11,14,16,18H,8H2,1-4H3. The van der Waals surface area contributed by atoms with E-state index in [0.29, 0.717) is 4.90 Å². The topological polar surface area (TPSA) is 98.3 Å². The molecule has 1 N–H and O–H groups in total. The number of rotatable bonds is 8. The van der Waals surface area contributed by atoms with E-state index in [1.54, 1.807) is 49.8 Å². The van der Waals surface area contributed by atoms with Crippen LogP contribution in [0.3, 0.4) is 0 Å². The average molecular weight is 386 g/mol. The van der Waals surface area contributed by atoms with Gasteiger partial charge in [-0.3, -0.25) is 14.1 Å². The Morgan fingerprint density at radius 1 is 1.40 bits per heavy atom. The van der Waals surface area contributed by atoms with Crippen LogP contribution in [0, 0.1) is 6.92 Å². The quantitative estimate of drug-likeness (QED) is 0.423. The number of hydrogen-bond donors (Lipinski definition) is 1. The second-order valence-corrected chi connectivity index (χ2v) is 9.23. The predicted molar refractivity (Wildman–Crippen MR) is 96.9 cm³/mol. The van der Waals surface area contributed by atoms with E-state index in [0.717, 1.165) is 17.4 Å². The molecule has 138 valence electrons. The Labute approximate surface area is 151 Å². The summed E-state index contributed by atoms with van der Waals surface area (Å²) in [5, 5.41) is -0.461. The molecule has 7 nitrogen and oxygen atoms in total. The van der Waals surface area contributed by atoms with Crippen molar-refractivity contribution in [3.63, 3.8) is 0 Å². The van der Waals surface area contributed by atoms with E-state index < -0.39 is 32.8 Å². The molecule has 2 rings (SSSR count). The van der Waals surface area contributed by atoms with Gasteiger partial charge in [0.25, 0.3) is 10.1 Å². The summed E-state index contributed by atoms with van der Waals surface area (Å²) in [4.78, 5) is 9.40. The van der Waals surface area contributed by atoms with E-state index in [1.807, 2.05) is 13.0 Å². The molecule has 3 unspecified atom stereocenters. The molecule has 25 heavy (non-hydrogen) atoms. The van der Waals surface area contributed by atoms with Gasteiger partial charge in [-0.1, -0.05) is 6.07 Å². The Morgan fingerprint density at radius 3 is 2.60 bits per heavy atom. The summed E-state index contributed by atoms with van der Waals surface area (Å²) in [6, 6.07) is 3.61. The summed E-state index contributed by atoms with van der Waals surface area (Å²) in [6.45, 7) is 1.88. The second-order valence-electron chi connectivity index (χ2n) is 6.03. The van der Waals surface area contributed by atoms with E-state index in [4.69, 9.17) is 4.18 Å². The number of hydrogen-bond acceptors (Lipinski definition) is 6. The number of aryl methyl sites for hydroxylation is 1. The molecule has 9 heteroatoms. The van der Waals surface area contributed by atoms with Crippen molar-refractivity contribution in [2.75, 3.05) is 20.4 Å². The fraction of sp³-hybridized carbons (Fsp3) is 0.438. The molecule has 3 atom stereocenters. The van der Waals surface area contributed by atoms with Crippen LogP contribution in [0.2, 0.25) is 0 Å². The maximum Gasteiger partial charge on any atom is 0.265 e. The minimum absolute atomic E-state index is 0.239. The molecule has 2 aromatic heterocycles. The van der Waals surface area contributed by atoms with Crippen molar-refractivity contribution in [2.24, 2.45) is 0 Å². The molecule has 0 bridgehead atoms. The Balaban J connectivity index is 2.36. The van der Waals surface area contributed by atoms with Crippen LogP contribution in [-0.2, 0) is 25.5 Å². The van der Waals surface area contributed by atoms with Gasteiger partial charge in [0.05, 0.1) is 12.5 Å². The first-order valence-electron chi connectivity index (χ1n) is 7.67. The lowest BCUT2D eigenvalue weighted by molar-refractivity contribution is 0.0630. The number of pyridine rings is 1. The van der Waals surface area contributed by atoms with E-state index in [2.05, 4.69) is 9.97 Å². The molecule has 0 amide bonds. The number of aromatic nitrogens is 2. The van der Waals surface area contributed by atoms with Gasteiger partial charge in [-0.05, 0) is 38.3 Å². The number of nitrogens with one attached hydrogen (secondary N) is 1. The van der Waals surface area contributed by atoms with Gasteiger partial charge in [-0.15, -0.1) is 0 Å². The molecule has 0 fully saturated rings. The van der Waals surface area contributed by atoms with Gasteiger partial charge >= 0.3 is 0 Å². The predicted octanol–water partition coefficient (Wildman–Crippen LogP) is 1.82. The molecule has 2 aromatic rings. The minimum atomic E-state index is -3.65. The summed E-state index contributed by atoms with van der Waals surface area (Å²) in [6.07, 6.45) is 7.29. The van der Waals surface area contributed by atoms with Crippen molar-refractivity contribution in [1.82, 2.24) is 14.9 Å². The highest BCUT2D eigenvalue weighted by Crippen LogP contribution is 2.35. The van der Waals surface area contributed by atoms with E-state index in [1.165, 1.54) is 0 Å². The van der Waals surface area contributed by atoms with Crippen LogP contribution in [0.15, 0.2) is 41.8 Å². The fourth-order valence-corrected chi connectivity index (χ4v) is 4.68. The maximum absolute atomic E-state index is 13.2. The molecule has 0 radical (unpaired) electrons. The fourth-order valence-electron chi connectivity index (χ4n) is 2.43. The average Bonchev–Trinajstić information content (AvgIpc) is 2.96. The lowest BCUT2D eigenvalue weighted by atomic mass is 10.1. The lowest BCUT2D eigenvalue weighted by Crippen LogP contribution is -2.35. The zero-order valence-corrected chi connectivity index (χ0v) is 16.3. The number of aromatic amines is 1. The van der Waals surface area contributed by atoms with Crippen LogP contribution in [0.1, 0.15) is 22.8 Å². The monoisotopic (exact) mass is 385 g/mol. The highest BCUT2D eigenvalue weighted by molar-refractivity contribution is 7.91. The summed E-state index contributed by atoms with van der Waals surface area (Å²) < 4.78 is 41.5. The largest absolute Gasteiger partial charge is 0.611 e. The first-order valence-corrected chi connectivity index (χ1v) is 10.7. The van der Waals surface area contributed by atoms with Gasteiger partial charge in [0.15, 0.2) is 10.1 Å². The van der Waals surface area contributed by atoms with Crippen LogP contribution in [0.5, 0.6) is 0 Å². The minimum Gasteiger partial charge on any atom is -0.611 e. The normalized spacial score (nSPS) is 15.9. The SMILES string of the molecule is Cc1c[nH]cc1[S+]([O-])C(CC(OS(C)(=O)=O)N(C)C)c1cccnc1. The highest BCUT2D eigenvalue weighted by Gasteiger charge is 2.34. The second kappa shape index (κ2) is 8.33. The molecular weight excluding hydrogens is 362 g/mol. The lowest BCUT2D eigenvalue weighted by Gasteiger charge is -2.28. The van der Waals surface area contributed by atoms with Gasteiger partial charge in [0.2, 0.25) is 0 Å². The molecule has 0 spiro atoms. The molecule has 0 saturated carbocycles. The van der Waals surface area contributed by atoms with Gasteiger partial charge in [-0.2, -0.15) is 8.42 Å². The summed E-state index contributed by atoms with van der Waals surface area (Å²) in [7, 11) is -0.201. The van der Waals surface area contributed by atoms with Crippen molar-refractivity contribution in [2.45, 2.75) is 29.7 Å². The molecule has 2 heterocycles. The third kappa shape index (κ3) is 5.55. The zero-order valence-electron chi connectivity index (χ0n) is 14.7. The Morgan fingerprint density at radius 2 is 2.12 bits per heavy atom. The summed E-state index contributed by atoms with van der Waals surface area (Å²) in [5.41, 5.74) is 1.66. The van der Waals surface area contributed by atoms with E-state index in [9.17, 15) is 13.0 Å². The van der Waals surface area contributed by atoms with E-state index >= 15 is 0 Å². The smallest absolute Gasteiger partial charge is 0.265 e. The Bertz CT molecular complexity index is 778. The molecule has 0 aliphatic heterocycles. The van der Waals surface area contributed by atoms with Crippen LogP contribution in [-0.4, -0.2) is 54.4 Å².